The zero-order valence-corrected chi connectivity index (χ0v) is 11.2. The van der Waals surface area contributed by atoms with Gasteiger partial charge in [-0.15, -0.1) is 0 Å². The molecule has 0 aliphatic carbocycles. The summed E-state index contributed by atoms with van der Waals surface area (Å²) in [6.45, 7) is 7.66. The smallest absolute Gasteiger partial charge is 0.237 e. The molecule has 98 valence electrons. The Morgan fingerprint density at radius 3 is 2.29 bits per heavy atom. The van der Waals surface area contributed by atoms with Gasteiger partial charge in [-0.3, -0.25) is 9.59 Å². The Labute approximate surface area is 104 Å². The normalized spacial score (nSPS) is 16.8. The van der Waals surface area contributed by atoms with Crippen molar-refractivity contribution in [2.45, 2.75) is 46.5 Å². The number of likely N-dealkylation sites (tertiary alicyclic amines) is 1. The van der Waals surface area contributed by atoms with Crippen molar-refractivity contribution in [3.05, 3.63) is 0 Å². The van der Waals surface area contributed by atoms with E-state index < -0.39 is 5.41 Å². The van der Waals surface area contributed by atoms with Gasteiger partial charge in [-0.1, -0.05) is 6.92 Å². The van der Waals surface area contributed by atoms with E-state index in [9.17, 15) is 9.59 Å². The van der Waals surface area contributed by atoms with E-state index in [4.69, 9.17) is 0 Å². The topological polar surface area (TPSA) is 49.4 Å². The van der Waals surface area contributed by atoms with E-state index in [-0.39, 0.29) is 11.8 Å². The Balaban J connectivity index is 2.60. The van der Waals surface area contributed by atoms with Crippen molar-refractivity contribution in [2.24, 2.45) is 5.41 Å². The molecule has 1 heterocycles. The van der Waals surface area contributed by atoms with Gasteiger partial charge in [-0.25, -0.2) is 0 Å². The molecule has 0 aromatic carbocycles. The van der Waals surface area contributed by atoms with E-state index in [1.807, 2.05) is 11.8 Å². The summed E-state index contributed by atoms with van der Waals surface area (Å²) in [5, 5.41) is 2.81. The van der Waals surface area contributed by atoms with Crippen molar-refractivity contribution in [2.75, 3.05) is 19.6 Å². The maximum Gasteiger partial charge on any atom is 0.237 e. The molecule has 1 rings (SSSR count). The Morgan fingerprint density at radius 2 is 1.76 bits per heavy atom. The molecule has 0 spiro atoms. The van der Waals surface area contributed by atoms with Crippen LogP contribution in [0.2, 0.25) is 0 Å². The minimum Gasteiger partial charge on any atom is -0.355 e. The molecular weight excluding hydrogens is 216 g/mol. The Morgan fingerprint density at radius 1 is 1.18 bits per heavy atom. The Hall–Kier alpha value is -1.06. The third-order valence-electron chi connectivity index (χ3n) is 3.28. The standard InChI is InChI=1S/C13H24N2O2/c1-4-8-14-11(16)13(2,3)12(17)15-9-6-5-7-10-15/h4-10H2,1-3H3,(H,14,16). The minimum atomic E-state index is -0.938. The number of carbonyl (C=O) groups is 2. The summed E-state index contributed by atoms with van der Waals surface area (Å²) in [5.41, 5.74) is -0.938. The van der Waals surface area contributed by atoms with Crippen LogP contribution in [-0.4, -0.2) is 36.3 Å². The van der Waals surface area contributed by atoms with Gasteiger partial charge in [-0.05, 0) is 39.5 Å². The van der Waals surface area contributed by atoms with Crippen LogP contribution < -0.4 is 5.32 Å². The van der Waals surface area contributed by atoms with Crippen molar-refractivity contribution >= 4 is 11.8 Å². The SMILES string of the molecule is CCCNC(=O)C(C)(C)C(=O)N1CCCCC1. The second-order valence-electron chi connectivity index (χ2n) is 5.23. The second kappa shape index (κ2) is 6.03. The maximum absolute atomic E-state index is 12.3. The Bertz CT molecular complexity index is 281. The third kappa shape index (κ3) is 3.45. The highest BCUT2D eigenvalue weighted by Crippen LogP contribution is 2.22. The lowest BCUT2D eigenvalue weighted by atomic mass is 9.89. The third-order valence-corrected chi connectivity index (χ3v) is 3.28. The number of nitrogens with one attached hydrogen (secondary N) is 1. The largest absolute Gasteiger partial charge is 0.355 e. The van der Waals surface area contributed by atoms with Crippen molar-refractivity contribution in [3.8, 4) is 0 Å². The molecule has 0 saturated carbocycles. The lowest BCUT2D eigenvalue weighted by Crippen LogP contribution is -2.50. The van der Waals surface area contributed by atoms with Crippen LogP contribution in [0, 0.1) is 5.41 Å². The van der Waals surface area contributed by atoms with E-state index in [1.54, 1.807) is 13.8 Å². The van der Waals surface area contributed by atoms with Gasteiger partial charge in [0.2, 0.25) is 11.8 Å². The molecule has 0 unspecified atom stereocenters. The van der Waals surface area contributed by atoms with E-state index in [0.717, 1.165) is 32.4 Å². The van der Waals surface area contributed by atoms with Crippen molar-refractivity contribution in [1.29, 1.82) is 0 Å². The molecule has 0 atom stereocenters. The molecule has 17 heavy (non-hydrogen) atoms. The van der Waals surface area contributed by atoms with Gasteiger partial charge in [0.05, 0.1) is 0 Å². The molecule has 2 amide bonds. The molecule has 1 fully saturated rings. The minimum absolute atomic E-state index is 0.0363. The number of rotatable bonds is 4. The fourth-order valence-corrected chi connectivity index (χ4v) is 2.05. The summed E-state index contributed by atoms with van der Waals surface area (Å²) in [6.07, 6.45) is 4.18. The van der Waals surface area contributed by atoms with Gasteiger partial charge in [0.25, 0.3) is 0 Å². The molecule has 4 heteroatoms. The highest BCUT2D eigenvalue weighted by atomic mass is 16.2. The summed E-state index contributed by atoms with van der Waals surface area (Å²) in [5.74, 6) is -0.194. The van der Waals surface area contributed by atoms with Crippen LogP contribution in [0.5, 0.6) is 0 Å². The van der Waals surface area contributed by atoms with Crippen LogP contribution in [0.1, 0.15) is 46.5 Å². The molecule has 1 N–H and O–H groups in total. The van der Waals surface area contributed by atoms with Crippen LogP contribution in [0.15, 0.2) is 0 Å². The van der Waals surface area contributed by atoms with Gasteiger partial charge in [-0.2, -0.15) is 0 Å². The second-order valence-corrected chi connectivity index (χ2v) is 5.23. The zero-order chi connectivity index (χ0) is 12.9. The number of carbonyl (C=O) groups excluding carboxylic acids is 2. The summed E-state index contributed by atoms with van der Waals surface area (Å²) < 4.78 is 0. The molecule has 1 aliphatic heterocycles. The fraction of sp³-hybridized carbons (Fsp3) is 0.846. The average molecular weight is 240 g/mol. The highest BCUT2D eigenvalue weighted by Gasteiger charge is 2.39. The molecule has 1 saturated heterocycles. The number of hydrogen-bond donors (Lipinski definition) is 1. The van der Waals surface area contributed by atoms with Gasteiger partial charge in [0.15, 0.2) is 0 Å². The molecule has 0 bridgehead atoms. The first kappa shape index (κ1) is 14.0. The van der Waals surface area contributed by atoms with Gasteiger partial charge in [0.1, 0.15) is 5.41 Å². The van der Waals surface area contributed by atoms with Crippen molar-refractivity contribution in [1.82, 2.24) is 10.2 Å². The molecule has 0 radical (unpaired) electrons. The Kier molecular flexibility index (Phi) is 4.97. The zero-order valence-electron chi connectivity index (χ0n) is 11.2. The first-order chi connectivity index (χ1) is 8.00. The van der Waals surface area contributed by atoms with Crippen LogP contribution in [0.4, 0.5) is 0 Å². The summed E-state index contributed by atoms with van der Waals surface area (Å²) in [4.78, 5) is 26.1. The highest BCUT2D eigenvalue weighted by molar-refractivity contribution is 6.04. The predicted molar refractivity (Wildman–Crippen MR) is 67.5 cm³/mol. The first-order valence-electron chi connectivity index (χ1n) is 6.57. The summed E-state index contributed by atoms with van der Waals surface area (Å²) in [7, 11) is 0. The average Bonchev–Trinajstić information content (AvgIpc) is 2.35. The number of piperidine rings is 1. The first-order valence-corrected chi connectivity index (χ1v) is 6.57. The van der Waals surface area contributed by atoms with Crippen LogP contribution in [0.25, 0.3) is 0 Å². The summed E-state index contributed by atoms with van der Waals surface area (Å²) >= 11 is 0. The van der Waals surface area contributed by atoms with Gasteiger partial charge >= 0.3 is 0 Å². The molecule has 1 aliphatic rings. The molecule has 0 aromatic rings. The van der Waals surface area contributed by atoms with Crippen LogP contribution >= 0.6 is 0 Å². The number of amides is 2. The van der Waals surface area contributed by atoms with Crippen molar-refractivity contribution in [3.63, 3.8) is 0 Å². The molecule has 0 aromatic heterocycles. The molecule has 4 nitrogen and oxygen atoms in total. The van der Waals surface area contributed by atoms with Crippen molar-refractivity contribution < 1.29 is 9.59 Å². The lowest BCUT2D eigenvalue weighted by Gasteiger charge is -2.33. The summed E-state index contributed by atoms with van der Waals surface area (Å²) in [6, 6.07) is 0. The lowest BCUT2D eigenvalue weighted by molar-refractivity contribution is -0.149. The van der Waals surface area contributed by atoms with Crippen LogP contribution in [0.3, 0.4) is 0 Å². The van der Waals surface area contributed by atoms with Crippen LogP contribution in [-0.2, 0) is 9.59 Å². The van der Waals surface area contributed by atoms with Gasteiger partial charge in [0, 0.05) is 19.6 Å². The maximum atomic E-state index is 12.3. The van der Waals surface area contributed by atoms with E-state index in [0.29, 0.717) is 6.54 Å². The quantitative estimate of drug-likeness (QED) is 0.758. The number of nitrogens with zero attached hydrogens (tertiary/aromatic N) is 1. The van der Waals surface area contributed by atoms with E-state index in [2.05, 4.69) is 5.32 Å². The van der Waals surface area contributed by atoms with E-state index in [1.165, 1.54) is 6.42 Å². The molecular formula is C13H24N2O2. The number of hydrogen-bond acceptors (Lipinski definition) is 2. The van der Waals surface area contributed by atoms with E-state index >= 15 is 0 Å². The monoisotopic (exact) mass is 240 g/mol. The van der Waals surface area contributed by atoms with Gasteiger partial charge < -0.3 is 10.2 Å². The predicted octanol–water partition coefficient (Wildman–Crippen LogP) is 1.55. The fourth-order valence-electron chi connectivity index (χ4n) is 2.05.